The van der Waals surface area contributed by atoms with Gasteiger partial charge in [0.25, 0.3) is 0 Å². The third-order valence-electron chi connectivity index (χ3n) is 9.18. The average Bonchev–Trinajstić information content (AvgIpc) is 3.02. The number of fused-ring (bicyclic) bond motifs is 5. The molecule has 3 fully saturated rings. The summed E-state index contributed by atoms with van der Waals surface area (Å²) < 4.78 is 5.39. The minimum atomic E-state index is -0.187. The second kappa shape index (κ2) is 6.55. The Morgan fingerprint density at radius 3 is 2.45 bits per heavy atom. The number of allylic oxidation sites excluding steroid dienone is 1. The number of ether oxygens (including phenoxy) is 1. The third kappa shape index (κ3) is 2.69. The Hall–Kier alpha value is -1.90. The van der Waals surface area contributed by atoms with Gasteiger partial charge >= 0.3 is 0 Å². The van der Waals surface area contributed by atoms with Crippen LogP contribution in [0.5, 0.6) is 5.75 Å². The van der Waals surface area contributed by atoms with Gasteiger partial charge in [-0.1, -0.05) is 31.6 Å². The lowest BCUT2D eigenvalue weighted by molar-refractivity contribution is -0.134. The lowest BCUT2D eigenvalue weighted by atomic mass is 9.44. The lowest BCUT2D eigenvalue weighted by Crippen LogP contribution is -2.53. The second-order valence-corrected chi connectivity index (χ2v) is 10.4. The molecule has 3 nitrogen and oxygen atoms in total. The first-order valence-electron chi connectivity index (χ1n) is 11.3. The SMILES string of the molecule is COc1ccc([C@H]2C[C@]3(C)C(=O)CC[C@H]3[C@@H]3CCC4=CC(=O)CC[C@]4(C)[C@H]32)cc1. The van der Waals surface area contributed by atoms with E-state index in [-0.39, 0.29) is 10.8 Å². The van der Waals surface area contributed by atoms with Gasteiger partial charge in [-0.05, 0) is 85.0 Å². The van der Waals surface area contributed by atoms with Crippen molar-refractivity contribution in [2.24, 2.45) is 28.6 Å². The highest BCUT2D eigenvalue weighted by Gasteiger charge is 2.62. The van der Waals surface area contributed by atoms with Gasteiger partial charge in [0.2, 0.25) is 0 Å². The zero-order chi connectivity index (χ0) is 20.4. The van der Waals surface area contributed by atoms with Gasteiger partial charge in [-0.15, -0.1) is 0 Å². The molecule has 0 bridgehead atoms. The fraction of sp³-hybridized carbons (Fsp3) is 0.615. The molecular weight excluding hydrogens is 360 g/mol. The molecule has 3 heteroatoms. The summed E-state index contributed by atoms with van der Waals surface area (Å²) in [5.74, 6) is 3.59. The van der Waals surface area contributed by atoms with Crippen LogP contribution in [0.2, 0.25) is 0 Å². The van der Waals surface area contributed by atoms with E-state index in [0.29, 0.717) is 41.7 Å². The molecular formula is C26H32O3. The summed E-state index contributed by atoms with van der Waals surface area (Å²) in [5, 5.41) is 0. The first-order chi connectivity index (χ1) is 13.9. The molecule has 29 heavy (non-hydrogen) atoms. The molecule has 0 saturated heterocycles. The molecule has 4 aliphatic carbocycles. The Kier molecular flexibility index (Phi) is 4.31. The number of Topliss-reactive ketones (excluding diaryl/α,β-unsaturated/α-hetero) is 1. The fourth-order valence-electron chi connectivity index (χ4n) is 7.69. The predicted octanol–water partition coefficient (Wildman–Crippen LogP) is 5.49. The Bertz CT molecular complexity index is 882. The molecule has 0 amide bonds. The topological polar surface area (TPSA) is 43.4 Å². The van der Waals surface area contributed by atoms with Crippen molar-refractivity contribution in [2.45, 2.75) is 64.7 Å². The largest absolute Gasteiger partial charge is 0.497 e. The Morgan fingerprint density at radius 2 is 1.72 bits per heavy atom. The van der Waals surface area contributed by atoms with Crippen LogP contribution in [0.4, 0.5) is 0 Å². The average molecular weight is 393 g/mol. The minimum Gasteiger partial charge on any atom is -0.497 e. The van der Waals surface area contributed by atoms with Gasteiger partial charge < -0.3 is 4.74 Å². The van der Waals surface area contributed by atoms with Crippen molar-refractivity contribution in [2.75, 3.05) is 7.11 Å². The summed E-state index contributed by atoms with van der Waals surface area (Å²) in [6, 6.07) is 8.53. The van der Waals surface area contributed by atoms with Crippen molar-refractivity contribution in [1.29, 1.82) is 0 Å². The molecule has 1 aromatic rings. The van der Waals surface area contributed by atoms with E-state index in [1.54, 1.807) is 7.11 Å². The van der Waals surface area contributed by atoms with Gasteiger partial charge in [0.1, 0.15) is 11.5 Å². The van der Waals surface area contributed by atoms with Gasteiger partial charge in [-0.2, -0.15) is 0 Å². The summed E-state index contributed by atoms with van der Waals surface area (Å²) in [6.45, 7) is 4.66. The fourth-order valence-corrected chi connectivity index (χ4v) is 7.69. The van der Waals surface area contributed by atoms with E-state index >= 15 is 0 Å². The lowest BCUT2D eigenvalue weighted by Gasteiger charge is -2.60. The highest BCUT2D eigenvalue weighted by Crippen LogP contribution is 2.68. The maximum Gasteiger partial charge on any atom is 0.155 e. The van der Waals surface area contributed by atoms with Crippen LogP contribution >= 0.6 is 0 Å². The van der Waals surface area contributed by atoms with Crippen LogP contribution < -0.4 is 4.74 Å². The second-order valence-electron chi connectivity index (χ2n) is 10.4. The number of carbonyl (C=O) groups excluding carboxylic acids is 2. The first kappa shape index (κ1) is 19.1. The smallest absolute Gasteiger partial charge is 0.155 e. The van der Waals surface area contributed by atoms with E-state index in [1.807, 2.05) is 6.08 Å². The molecule has 0 spiro atoms. The van der Waals surface area contributed by atoms with Crippen molar-refractivity contribution in [3.63, 3.8) is 0 Å². The van der Waals surface area contributed by atoms with Crippen molar-refractivity contribution in [3.05, 3.63) is 41.5 Å². The molecule has 0 N–H and O–H groups in total. The number of ketones is 2. The quantitative estimate of drug-likeness (QED) is 0.668. The van der Waals surface area contributed by atoms with Crippen molar-refractivity contribution in [1.82, 2.24) is 0 Å². The summed E-state index contributed by atoms with van der Waals surface area (Å²) in [5.41, 5.74) is 2.60. The molecule has 3 saturated carbocycles. The standard InChI is InChI=1S/C26H32O3/c1-25-13-12-18(27)14-17(25)6-9-20-22-10-11-23(28)26(22,2)15-21(24(20)25)16-4-7-19(29-3)8-5-16/h4-5,7-8,14,20-22,24H,6,9-13,15H2,1-3H3/t20-,21+,22-,24+,25-,26-/m0/s1. The molecule has 0 aromatic heterocycles. The van der Waals surface area contributed by atoms with E-state index in [2.05, 4.69) is 38.1 Å². The zero-order valence-electron chi connectivity index (χ0n) is 17.9. The molecule has 5 rings (SSSR count). The van der Waals surface area contributed by atoms with E-state index < -0.39 is 0 Å². The highest BCUT2D eigenvalue weighted by molar-refractivity contribution is 5.91. The van der Waals surface area contributed by atoms with Gasteiger partial charge in [0.15, 0.2) is 5.78 Å². The van der Waals surface area contributed by atoms with Crippen molar-refractivity contribution < 1.29 is 14.3 Å². The highest BCUT2D eigenvalue weighted by atomic mass is 16.5. The minimum absolute atomic E-state index is 0.0778. The number of benzene rings is 1. The van der Waals surface area contributed by atoms with Gasteiger partial charge in [-0.25, -0.2) is 0 Å². The van der Waals surface area contributed by atoms with Gasteiger partial charge in [0.05, 0.1) is 7.11 Å². The van der Waals surface area contributed by atoms with Crippen molar-refractivity contribution in [3.8, 4) is 5.75 Å². The number of hydrogen-bond acceptors (Lipinski definition) is 3. The normalized spacial score (nSPS) is 41.3. The number of methoxy groups -OCH3 is 1. The summed E-state index contributed by atoms with van der Waals surface area (Å²) in [6.07, 6.45) is 8.50. The molecule has 154 valence electrons. The van der Waals surface area contributed by atoms with Crippen LogP contribution in [0.1, 0.15) is 70.3 Å². The predicted molar refractivity (Wildman–Crippen MR) is 113 cm³/mol. The van der Waals surface area contributed by atoms with Gasteiger partial charge in [-0.3, -0.25) is 9.59 Å². The maximum absolute atomic E-state index is 13.0. The van der Waals surface area contributed by atoms with Crippen LogP contribution in [0.3, 0.4) is 0 Å². The monoisotopic (exact) mass is 392 g/mol. The molecule has 0 aliphatic heterocycles. The number of hydrogen-bond donors (Lipinski definition) is 0. The van der Waals surface area contributed by atoms with Crippen LogP contribution in [0, 0.1) is 28.6 Å². The Morgan fingerprint density at radius 1 is 0.966 bits per heavy atom. The summed E-state index contributed by atoms with van der Waals surface area (Å²) >= 11 is 0. The van der Waals surface area contributed by atoms with Crippen LogP contribution in [-0.2, 0) is 9.59 Å². The maximum atomic E-state index is 13.0. The Labute approximate surface area is 173 Å². The van der Waals surface area contributed by atoms with E-state index in [1.165, 1.54) is 11.1 Å². The van der Waals surface area contributed by atoms with Crippen LogP contribution in [0.15, 0.2) is 35.9 Å². The first-order valence-corrected chi connectivity index (χ1v) is 11.3. The molecule has 0 heterocycles. The molecule has 1 aromatic carbocycles. The Balaban J connectivity index is 1.63. The van der Waals surface area contributed by atoms with E-state index in [9.17, 15) is 9.59 Å². The van der Waals surface area contributed by atoms with E-state index in [0.717, 1.165) is 44.3 Å². The molecule has 4 aliphatic rings. The summed E-state index contributed by atoms with van der Waals surface area (Å²) in [7, 11) is 1.70. The molecule has 0 unspecified atom stereocenters. The molecule has 0 radical (unpaired) electrons. The van der Waals surface area contributed by atoms with Gasteiger partial charge in [0, 0.05) is 18.3 Å². The number of carbonyl (C=O) groups is 2. The van der Waals surface area contributed by atoms with E-state index in [4.69, 9.17) is 4.74 Å². The third-order valence-corrected chi connectivity index (χ3v) is 9.18. The van der Waals surface area contributed by atoms with Crippen LogP contribution in [0.25, 0.3) is 0 Å². The van der Waals surface area contributed by atoms with Crippen LogP contribution in [-0.4, -0.2) is 18.7 Å². The number of rotatable bonds is 2. The van der Waals surface area contributed by atoms with Crippen molar-refractivity contribution >= 4 is 11.6 Å². The molecule has 6 atom stereocenters. The zero-order valence-corrected chi connectivity index (χ0v) is 17.9. The summed E-state index contributed by atoms with van der Waals surface area (Å²) in [4.78, 5) is 25.2.